The molecule has 0 spiro atoms. The molecule has 0 saturated heterocycles. The van der Waals surface area contributed by atoms with Crippen LogP contribution >= 0.6 is 7.82 Å². The first-order valence-corrected chi connectivity index (χ1v) is 23.1. The zero-order valence-electron chi connectivity index (χ0n) is 35.1. The van der Waals surface area contributed by atoms with Crippen molar-refractivity contribution in [1.82, 2.24) is 0 Å². The molecule has 0 rings (SSSR count). The van der Waals surface area contributed by atoms with E-state index in [2.05, 4.69) is 31.4 Å². The Hall–Kier alpha value is -2.11. The van der Waals surface area contributed by atoms with E-state index in [1.165, 1.54) is 77.0 Å². The van der Waals surface area contributed by atoms with Crippen molar-refractivity contribution in [2.24, 2.45) is 5.92 Å². The molecule has 12 heteroatoms. The van der Waals surface area contributed by atoms with Crippen molar-refractivity contribution in [1.29, 1.82) is 0 Å². The van der Waals surface area contributed by atoms with Gasteiger partial charge in [0.05, 0.1) is 25.9 Å². The Bertz CT molecular complexity index is 1100. The topological polar surface area (TPSA) is 169 Å². The summed E-state index contributed by atoms with van der Waals surface area (Å²) in [5, 5.41) is 28.4. The number of phosphoric acid groups is 1. The summed E-state index contributed by atoms with van der Waals surface area (Å²) in [6, 6.07) is 0. The number of phosphoric ester groups is 1. The van der Waals surface area contributed by atoms with Gasteiger partial charge in [-0.05, 0) is 50.9 Å². The molecule has 0 aromatic carbocycles. The van der Waals surface area contributed by atoms with Gasteiger partial charge in [0, 0.05) is 12.8 Å². The minimum atomic E-state index is -4.64. The Morgan fingerprint density at radius 3 is 1.89 bits per heavy atom. The van der Waals surface area contributed by atoms with Crippen LogP contribution in [0.1, 0.15) is 168 Å². The van der Waals surface area contributed by atoms with Crippen LogP contribution in [0.2, 0.25) is 0 Å². The summed E-state index contributed by atoms with van der Waals surface area (Å²) in [6.45, 7) is 4.51. The third-order valence-corrected chi connectivity index (χ3v) is 9.95. The minimum Gasteiger partial charge on any atom is -0.462 e. The largest absolute Gasteiger partial charge is 0.472 e. The summed E-state index contributed by atoms with van der Waals surface area (Å²) in [4.78, 5) is 35.0. The maximum atomic E-state index is 12.6. The lowest BCUT2D eigenvalue weighted by Gasteiger charge is -2.20. The fourth-order valence-electron chi connectivity index (χ4n) is 5.60. The molecule has 0 amide bonds. The monoisotopic (exact) mass is 815 g/mol. The van der Waals surface area contributed by atoms with E-state index >= 15 is 0 Å². The molecule has 0 aliphatic carbocycles. The lowest BCUT2D eigenvalue weighted by atomic mass is 10.0. The van der Waals surface area contributed by atoms with Crippen molar-refractivity contribution >= 4 is 19.8 Å². The number of hydrogen-bond donors (Lipinski definition) is 4. The quantitative estimate of drug-likeness (QED) is 0.0153. The van der Waals surface area contributed by atoms with Gasteiger partial charge in [-0.3, -0.25) is 18.6 Å². The van der Waals surface area contributed by atoms with Gasteiger partial charge < -0.3 is 29.7 Å². The van der Waals surface area contributed by atoms with Crippen LogP contribution < -0.4 is 0 Å². The second-order valence-electron chi connectivity index (χ2n) is 15.0. The first kappa shape index (κ1) is 53.9. The van der Waals surface area contributed by atoms with E-state index in [4.69, 9.17) is 19.1 Å². The molecule has 1 unspecified atom stereocenters. The van der Waals surface area contributed by atoms with E-state index in [0.29, 0.717) is 32.1 Å². The van der Waals surface area contributed by atoms with Crippen LogP contribution in [0.15, 0.2) is 48.6 Å². The summed E-state index contributed by atoms with van der Waals surface area (Å²) < 4.78 is 32.6. The van der Waals surface area contributed by atoms with Gasteiger partial charge in [-0.2, -0.15) is 0 Å². The molecule has 0 radical (unpaired) electrons. The molecule has 0 aliphatic heterocycles. The van der Waals surface area contributed by atoms with Crippen LogP contribution in [0.5, 0.6) is 0 Å². The van der Waals surface area contributed by atoms with Gasteiger partial charge in [-0.15, -0.1) is 0 Å². The fraction of sp³-hybridized carbons (Fsp3) is 0.773. The van der Waals surface area contributed by atoms with Crippen LogP contribution in [0.3, 0.4) is 0 Å². The van der Waals surface area contributed by atoms with E-state index in [1.807, 2.05) is 36.5 Å². The average molecular weight is 815 g/mol. The Morgan fingerprint density at radius 1 is 0.661 bits per heavy atom. The standard InChI is InChI=1S/C44H79O11P/c1-4-5-6-7-15-21-26-31-40(46)32-27-22-17-14-19-23-28-33-43(48)52-37-42(38-54-56(50,51)53-36-41(47)35-45)55-44(49)34-29-24-18-13-11-9-8-10-12-16-20-25-30-39(2)3/h14-15,19,21-22,26-27,31,39-42,45-47H,4-13,16-18,20,23-25,28-30,32-38H2,1-3H3,(H,50,51)/b19-14+,21-15-,27-22-,31-26-/t40-,41+,42-/m1/s1. The van der Waals surface area contributed by atoms with Crippen LogP contribution in [-0.4, -0.2) is 76.9 Å². The average Bonchev–Trinajstić information content (AvgIpc) is 3.16. The highest BCUT2D eigenvalue weighted by molar-refractivity contribution is 7.47. The normalized spacial score (nSPS) is 15.0. The highest BCUT2D eigenvalue weighted by Gasteiger charge is 2.27. The van der Waals surface area contributed by atoms with Crippen molar-refractivity contribution in [3.05, 3.63) is 48.6 Å². The maximum absolute atomic E-state index is 12.6. The van der Waals surface area contributed by atoms with Gasteiger partial charge in [0.15, 0.2) is 6.10 Å². The number of aliphatic hydroxyl groups is 3. The van der Waals surface area contributed by atoms with Crippen molar-refractivity contribution in [2.45, 2.75) is 187 Å². The van der Waals surface area contributed by atoms with E-state index in [9.17, 15) is 29.3 Å². The molecule has 0 saturated carbocycles. The lowest BCUT2D eigenvalue weighted by molar-refractivity contribution is -0.161. The molecule has 0 aromatic heterocycles. The minimum absolute atomic E-state index is 0.131. The Labute approximate surface area is 339 Å². The Morgan fingerprint density at radius 2 is 1.25 bits per heavy atom. The summed E-state index contributed by atoms with van der Waals surface area (Å²) in [6.07, 6.45) is 35.4. The third kappa shape index (κ3) is 38.7. The molecule has 0 heterocycles. The molecule has 56 heavy (non-hydrogen) atoms. The van der Waals surface area contributed by atoms with E-state index in [-0.39, 0.29) is 19.4 Å². The first-order valence-electron chi connectivity index (χ1n) is 21.6. The second kappa shape index (κ2) is 38.4. The summed E-state index contributed by atoms with van der Waals surface area (Å²) >= 11 is 0. The SMILES string of the molecule is CCCCC/C=C\C=C/[C@@H](O)C/C=C\C/C=C/CCCC(=O)OC[C@H](COP(=O)(O)OC[C@@H](O)CO)OC(=O)CCCCCCCCCCCCCCC(C)C. The molecule has 11 nitrogen and oxygen atoms in total. The third-order valence-electron chi connectivity index (χ3n) is 8.99. The number of esters is 2. The first-order chi connectivity index (χ1) is 27.0. The zero-order chi connectivity index (χ0) is 41.5. The van der Waals surface area contributed by atoms with Gasteiger partial charge in [0.1, 0.15) is 12.7 Å². The smallest absolute Gasteiger partial charge is 0.462 e. The highest BCUT2D eigenvalue weighted by atomic mass is 31.2. The predicted octanol–water partition coefficient (Wildman–Crippen LogP) is 10.2. The van der Waals surface area contributed by atoms with Crippen LogP contribution in [0.25, 0.3) is 0 Å². The van der Waals surface area contributed by atoms with Crippen molar-refractivity contribution < 1.29 is 52.9 Å². The molecular formula is C44H79O11P. The summed E-state index contributed by atoms with van der Waals surface area (Å²) in [5.74, 6) is -0.233. The molecular weight excluding hydrogens is 735 g/mol. The van der Waals surface area contributed by atoms with E-state index < -0.39 is 57.9 Å². The molecule has 4 N–H and O–H groups in total. The second-order valence-corrected chi connectivity index (χ2v) is 16.5. The number of hydrogen-bond acceptors (Lipinski definition) is 10. The molecule has 0 fully saturated rings. The molecule has 0 aliphatic rings. The fourth-order valence-corrected chi connectivity index (χ4v) is 6.39. The van der Waals surface area contributed by atoms with Gasteiger partial charge >= 0.3 is 19.8 Å². The van der Waals surface area contributed by atoms with Gasteiger partial charge in [-0.1, -0.05) is 159 Å². The van der Waals surface area contributed by atoms with Crippen LogP contribution in [-0.2, 0) is 32.7 Å². The van der Waals surface area contributed by atoms with Crippen LogP contribution in [0.4, 0.5) is 0 Å². The number of unbranched alkanes of at least 4 members (excludes halogenated alkanes) is 15. The Balaban J connectivity index is 4.45. The molecule has 0 bridgehead atoms. The molecule has 0 aromatic rings. The van der Waals surface area contributed by atoms with Crippen molar-refractivity contribution in [3.8, 4) is 0 Å². The molecule has 4 atom stereocenters. The van der Waals surface area contributed by atoms with Gasteiger partial charge in [-0.25, -0.2) is 4.57 Å². The number of rotatable bonds is 39. The Kier molecular flexibility index (Phi) is 37.0. The highest BCUT2D eigenvalue weighted by Crippen LogP contribution is 2.43. The van der Waals surface area contributed by atoms with Gasteiger partial charge in [0.25, 0.3) is 0 Å². The van der Waals surface area contributed by atoms with E-state index in [1.54, 1.807) is 6.08 Å². The van der Waals surface area contributed by atoms with Crippen molar-refractivity contribution in [2.75, 3.05) is 26.4 Å². The number of carbonyl (C=O) groups is 2. The predicted molar refractivity (Wildman–Crippen MR) is 225 cm³/mol. The zero-order valence-corrected chi connectivity index (χ0v) is 36.0. The number of allylic oxidation sites excluding steroid dienone is 6. The van der Waals surface area contributed by atoms with E-state index in [0.717, 1.165) is 31.6 Å². The summed E-state index contributed by atoms with van der Waals surface area (Å²) in [7, 11) is -4.64. The maximum Gasteiger partial charge on any atom is 0.472 e. The van der Waals surface area contributed by atoms with Gasteiger partial charge in [0.2, 0.25) is 0 Å². The number of ether oxygens (including phenoxy) is 2. The number of aliphatic hydroxyl groups excluding tert-OH is 3. The summed E-state index contributed by atoms with van der Waals surface area (Å²) in [5.41, 5.74) is 0. The van der Waals surface area contributed by atoms with Crippen LogP contribution in [0, 0.1) is 5.92 Å². The lowest BCUT2D eigenvalue weighted by Crippen LogP contribution is -2.29. The number of carbonyl (C=O) groups excluding carboxylic acids is 2. The molecule has 326 valence electrons. The van der Waals surface area contributed by atoms with Crippen molar-refractivity contribution in [3.63, 3.8) is 0 Å².